The van der Waals surface area contributed by atoms with Crippen LogP contribution >= 0.6 is 23.2 Å². The van der Waals surface area contributed by atoms with Crippen molar-refractivity contribution >= 4 is 29.0 Å². The van der Waals surface area contributed by atoms with E-state index in [0.29, 0.717) is 35.0 Å². The highest BCUT2D eigenvalue weighted by Gasteiger charge is 2.13. The molecule has 0 aliphatic heterocycles. The molecule has 0 aliphatic carbocycles. The summed E-state index contributed by atoms with van der Waals surface area (Å²) in [5.74, 6) is 0.936. The average molecular weight is 293 g/mol. The molecule has 0 spiro atoms. The molecule has 0 aliphatic rings. The van der Waals surface area contributed by atoms with Crippen LogP contribution in [0.3, 0.4) is 0 Å². The minimum Gasteiger partial charge on any atom is -0.471 e. The Morgan fingerprint density at radius 1 is 1.33 bits per heavy atom. The van der Waals surface area contributed by atoms with E-state index in [1.165, 1.54) is 0 Å². The molecule has 1 aromatic rings. The summed E-state index contributed by atoms with van der Waals surface area (Å²) < 4.78 is 10.9. The van der Waals surface area contributed by atoms with Crippen molar-refractivity contribution in [2.45, 2.75) is 26.9 Å². The molecule has 0 fully saturated rings. The van der Waals surface area contributed by atoms with E-state index in [1.54, 1.807) is 6.07 Å². The molecule has 1 rings (SSSR count). The maximum atomic E-state index is 6.04. The first kappa shape index (κ1) is 15.3. The van der Waals surface area contributed by atoms with Crippen molar-refractivity contribution in [2.75, 3.05) is 25.1 Å². The molecule has 0 aromatic carbocycles. The van der Waals surface area contributed by atoms with Crippen molar-refractivity contribution < 1.29 is 9.47 Å². The van der Waals surface area contributed by atoms with Crippen molar-refractivity contribution in [1.82, 2.24) is 4.98 Å². The van der Waals surface area contributed by atoms with Gasteiger partial charge in [0.2, 0.25) is 5.88 Å². The van der Waals surface area contributed by atoms with Crippen LogP contribution in [0.2, 0.25) is 10.0 Å². The zero-order valence-electron chi connectivity index (χ0n) is 10.8. The molecule has 102 valence electrons. The first-order valence-corrected chi connectivity index (χ1v) is 6.68. The molecule has 1 atom stereocenters. The van der Waals surface area contributed by atoms with Gasteiger partial charge in [-0.15, -0.1) is 0 Å². The number of pyridine rings is 1. The SMILES string of the molecule is CCNc1nc(OC(C)COCC)c(Cl)cc1Cl. The topological polar surface area (TPSA) is 43.4 Å². The molecule has 0 saturated carbocycles. The summed E-state index contributed by atoms with van der Waals surface area (Å²) >= 11 is 12.0. The van der Waals surface area contributed by atoms with Gasteiger partial charge in [0.1, 0.15) is 16.9 Å². The highest BCUT2D eigenvalue weighted by molar-refractivity contribution is 6.36. The Labute approximate surface area is 118 Å². The lowest BCUT2D eigenvalue weighted by Gasteiger charge is -2.16. The zero-order chi connectivity index (χ0) is 13.5. The van der Waals surface area contributed by atoms with Gasteiger partial charge < -0.3 is 14.8 Å². The Hall–Kier alpha value is -0.710. The van der Waals surface area contributed by atoms with Gasteiger partial charge in [0.25, 0.3) is 0 Å². The number of nitrogens with one attached hydrogen (secondary N) is 1. The van der Waals surface area contributed by atoms with Crippen LogP contribution in [0.25, 0.3) is 0 Å². The standard InChI is InChI=1S/C12H18Cl2N2O2/c1-4-15-11-9(13)6-10(14)12(16-11)18-8(3)7-17-5-2/h6,8H,4-5,7H2,1-3H3,(H,15,16). The maximum absolute atomic E-state index is 6.04. The van der Waals surface area contributed by atoms with Crippen molar-refractivity contribution in [3.05, 3.63) is 16.1 Å². The quantitative estimate of drug-likeness (QED) is 0.833. The fourth-order valence-corrected chi connectivity index (χ4v) is 1.80. The lowest BCUT2D eigenvalue weighted by atomic mass is 10.4. The Balaban J connectivity index is 2.78. The molecule has 1 unspecified atom stereocenters. The van der Waals surface area contributed by atoms with Crippen molar-refractivity contribution in [1.29, 1.82) is 0 Å². The largest absolute Gasteiger partial charge is 0.471 e. The second kappa shape index (κ2) is 7.67. The smallest absolute Gasteiger partial charge is 0.235 e. The predicted molar refractivity (Wildman–Crippen MR) is 75.0 cm³/mol. The van der Waals surface area contributed by atoms with Crippen molar-refractivity contribution in [2.24, 2.45) is 0 Å². The van der Waals surface area contributed by atoms with Gasteiger partial charge in [-0.25, -0.2) is 0 Å². The van der Waals surface area contributed by atoms with Crippen LogP contribution < -0.4 is 10.1 Å². The summed E-state index contributed by atoms with van der Waals surface area (Å²) in [6.07, 6.45) is -0.120. The van der Waals surface area contributed by atoms with Gasteiger partial charge in [-0.3, -0.25) is 0 Å². The van der Waals surface area contributed by atoms with E-state index >= 15 is 0 Å². The molecule has 0 amide bonds. The lowest BCUT2D eigenvalue weighted by Crippen LogP contribution is -2.20. The first-order chi connectivity index (χ1) is 8.58. The fraction of sp³-hybridized carbons (Fsp3) is 0.583. The molecule has 0 saturated heterocycles. The van der Waals surface area contributed by atoms with Gasteiger partial charge >= 0.3 is 0 Å². The van der Waals surface area contributed by atoms with E-state index < -0.39 is 0 Å². The fourth-order valence-electron chi connectivity index (χ4n) is 1.33. The van der Waals surface area contributed by atoms with Crippen LogP contribution in [0.15, 0.2) is 6.07 Å². The normalized spacial score (nSPS) is 12.3. The zero-order valence-corrected chi connectivity index (χ0v) is 12.3. The maximum Gasteiger partial charge on any atom is 0.235 e. The lowest BCUT2D eigenvalue weighted by molar-refractivity contribution is 0.0635. The molecule has 0 radical (unpaired) electrons. The highest BCUT2D eigenvalue weighted by atomic mass is 35.5. The Bertz CT molecular complexity index is 389. The molecule has 4 nitrogen and oxygen atoms in total. The molecule has 6 heteroatoms. The van der Waals surface area contributed by atoms with Crippen LogP contribution in [0, 0.1) is 0 Å². The summed E-state index contributed by atoms with van der Waals surface area (Å²) in [7, 11) is 0. The number of halogens is 2. The molecule has 0 bridgehead atoms. The minimum atomic E-state index is -0.120. The predicted octanol–water partition coefficient (Wildman–Crippen LogP) is 3.62. The van der Waals surface area contributed by atoms with Gasteiger partial charge in [-0.05, 0) is 26.8 Å². The van der Waals surface area contributed by atoms with Gasteiger partial charge in [0.15, 0.2) is 0 Å². The van der Waals surface area contributed by atoms with E-state index in [2.05, 4.69) is 10.3 Å². The number of anilines is 1. The summed E-state index contributed by atoms with van der Waals surface area (Å²) in [5.41, 5.74) is 0. The number of hydrogen-bond donors (Lipinski definition) is 1. The van der Waals surface area contributed by atoms with Gasteiger partial charge in [0, 0.05) is 13.2 Å². The molecular formula is C12H18Cl2N2O2. The van der Waals surface area contributed by atoms with Crippen molar-refractivity contribution in [3.63, 3.8) is 0 Å². The van der Waals surface area contributed by atoms with E-state index in [4.69, 9.17) is 32.7 Å². The summed E-state index contributed by atoms with van der Waals surface area (Å²) in [4.78, 5) is 4.26. The summed E-state index contributed by atoms with van der Waals surface area (Å²) in [6.45, 7) is 7.66. The molecule has 1 aromatic heterocycles. The number of aromatic nitrogens is 1. The Morgan fingerprint density at radius 3 is 2.67 bits per heavy atom. The highest BCUT2D eigenvalue weighted by Crippen LogP contribution is 2.31. The van der Waals surface area contributed by atoms with Gasteiger partial charge in [-0.2, -0.15) is 4.98 Å². The second-order valence-corrected chi connectivity index (χ2v) is 4.54. The van der Waals surface area contributed by atoms with Crippen LogP contribution in [0.4, 0.5) is 5.82 Å². The van der Waals surface area contributed by atoms with Crippen LogP contribution in [-0.4, -0.2) is 30.8 Å². The van der Waals surface area contributed by atoms with Gasteiger partial charge in [-0.1, -0.05) is 23.2 Å². The van der Waals surface area contributed by atoms with Crippen LogP contribution in [0.5, 0.6) is 5.88 Å². The number of nitrogens with zero attached hydrogens (tertiary/aromatic N) is 1. The first-order valence-electron chi connectivity index (χ1n) is 5.92. The summed E-state index contributed by atoms with van der Waals surface area (Å²) in [6, 6.07) is 1.62. The molecule has 18 heavy (non-hydrogen) atoms. The van der Waals surface area contributed by atoms with E-state index in [0.717, 1.165) is 6.54 Å². The third-order valence-electron chi connectivity index (χ3n) is 2.11. The van der Waals surface area contributed by atoms with E-state index in [9.17, 15) is 0 Å². The number of rotatable bonds is 7. The molecule has 1 heterocycles. The van der Waals surface area contributed by atoms with E-state index in [-0.39, 0.29) is 6.10 Å². The monoisotopic (exact) mass is 292 g/mol. The van der Waals surface area contributed by atoms with Crippen molar-refractivity contribution in [3.8, 4) is 5.88 Å². The third kappa shape index (κ3) is 4.52. The summed E-state index contributed by atoms with van der Waals surface area (Å²) in [5, 5.41) is 3.92. The van der Waals surface area contributed by atoms with Crippen LogP contribution in [0.1, 0.15) is 20.8 Å². The average Bonchev–Trinajstić information content (AvgIpc) is 2.33. The second-order valence-electron chi connectivity index (χ2n) is 3.72. The van der Waals surface area contributed by atoms with Crippen LogP contribution in [-0.2, 0) is 4.74 Å². The molecule has 1 N–H and O–H groups in total. The Kier molecular flexibility index (Phi) is 6.54. The number of ether oxygens (including phenoxy) is 2. The molecular weight excluding hydrogens is 275 g/mol. The van der Waals surface area contributed by atoms with E-state index in [1.807, 2.05) is 20.8 Å². The Morgan fingerprint density at radius 2 is 2.06 bits per heavy atom. The number of hydrogen-bond acceptors (Lipinski definition) is 4. The van der Waals surface area contributed by atoms with Gasteiger partial charge in [0.05, 0.1) is 11.6 Å². The minimum absolute atomic E-state index is 0.120. The third-order valence-corrected chi connectivity index (χ3v) is 2.67.